The number of hydrogen-bond acceptors (Lipinski definition) is 3. The van der Waals surface area contributed by atoms with Gasteiger partial charge in [0.1, 0.15) is 0 Å². The van der Waals surface area contributed by atoms with Gasteiger partial charge in [0.2, 0.25) is 5.91 Å². The van der Waals surface area contributed by atoms with Crippen molar-refractivity contribution in [3.05, 3.63) is 0 Å². The molecule has 0 bridgehead atoms. The summed E-state index contributed by atoms with van der Waals surface area (Å²) in [6.07, 6.45) is 3.27. The summed E-state index contributed by atoms with van der Waals surface area (Å²) < 4.78 is 0. The SMILES string of the molecule is CCCCC1NCN(CCN(C)CC)C1=O. The summed E-state index contributed by atoms with van der Waals surface area (Å²) in [5.74, 6) is 0.290. The number of carbonyl (C=O) groups excluding carboxylic acids is 1. The Labute approximate surface area is 99.0 Å². The van der Waals surface area contributed by atoms with E-state index in [0.29, 0.717) is 0 Å². The van der Waals surface area contributed by atoms with Crippen molar-refractivity contribution in [3.63, 3.8) is 0 Å². The van der Waals surface area contributed by atoms with Crippen molar-refractivity contribution in [2.24, 2.45) is 0 Å². The third-order valence-electron chi connectivity index (χ3n) is 3.28. The third kappa shape index (κ3) is 3.76. The fourth-order valence-electron chi connectivity index (χ4n) is 1.88. The lowest BCUT2D eigenvalue weighted by Crippen LogP contribution is -2.36. The van der Waals surface area contributed by atoms with Crippen LogP contribution in [-0.2, 0) is 4.79 Å². The van der Waals surface area contributed by atoms with Crippen LogP contribution in [0.1, 0.15) is 33.1 Å². The predicted octanol–water partition coefficient (Wildman–Crippen LogP) is 0.886. The van der Waals surface area contributed by atoms with Crippen LogP contribution in [0.2, 0.25) is 0 Å². The number of amides is 1. The van der Waals surface area contributed by atoms with Crippen molar-refractivity contribution in [2.75, 3.05) is 33.4 Å². The van der Waals surface area contributed by atoms with Gasteiger partial charge in [0.15, 0.2) is 0 Å². The highest BCUT2D eigenvalue weighted by Crippen LogP contribution is 2.09. The van der Waals surface area contributed by atoms with Gasteiger partial charge >= 0.3 is 0 Å². The number of hydrogen-bond donors (Lipinski definition) is 1. The molecule has 4 nitrogen and oxygen atoms in total. The monoisotopic (exact) mass is 227 g/mol. The molecular weight excluding hydrogens is 202 g/mol. The highest BCUT2D eigenvalue weighted by Gasteiger charge is 2.29. The number of unbranched alkanes of at least 4 members (excludes halogenated alkanes) is 1. The van der Waals surface area contributed by atoms with Crippen LogP contribution in [0.3, 0.4) is 0 Å². The Hall–Kier alpha value is -0.610. The van der Waals surface area contributed by atoms with Crippen LogP contribution in [0.5, 0.6) is 0 Å². The molecule has 1 rings (SSSR count). The second kappa shape index (κ2) is 6.86. The zero-order valence-electron chi connectivity index (χ0n) is 10.8. The first kappa shape index (κ1) is 13.5. The molecule has 1 aliphatic rings. The zero-order chi connectivity index (χ0) is 12.0. The molecule has 0 aromatic heterocycles. The summed E-state index contributed by atoms with van der Waals surface area (Å²) in [5, 5.41) is 3.29. The molecule has 0 radical (unpaired) electrons. The molecule has 1 saturated heterocycles. The minimum Gasteiger partial charge on any atom is -0.327 e. The summed E-state index contributed by atoms with van der Waals surface area (Å²) in [7, 11) is 2.09. The van der Waals surface area contributed by atoms with Gasteiger partial charge in [-0.2, -0.15) is 0 Å². The first-order chi connectivity index (χ1) is 7.69. The van der Waals surface area contributed by atoms with Crippen LogP contribution in [-0.4, -0.2) is 55.1 Å². The van der Waals surface area contributed by atoms with E-state index in [1.54, 1.807) is 0 Å². The molecule has 0 aliphatic carbocycles. The van der Waals surface area contributed by atoms with E-state index in [2.05, 4.69) is 31.1 Å². The van der Waals surface area contributed by atoms with Gasteiger partial charge in [-0.3, -0.25) is 10.1 Å². The van der Waals surface area contributed by atoms with Crippen molar-refractivity contribution >= 4 is 5.91 Å². The Kier molecular flexibility index (Phi) is 5.77. The number of carbonyl (C=O) groups is 1. The molecule has 4 heteroatoms. The van der Waals surface area contributed by atoms with Gasteiger partial charge in [0, 0.05) is 13.1 Å². The molecule has 94 valence electrons. The van der Waals surface area contributed by atoms with Gasteiger partial charge in [0.05, 0.1) is 12.7 Å². The normalized spacial score (nSPS) is 21.1. The van der Waals surface area contributed by atoms with E-state index in [1.807, 2.05) is 4.90 Å². The molecule has 1 unspecified atom stereocenters. The molecule has 0 saturated carbocycles. The predicted molar refractivity (Wildman–Crippen MR) is 66.2 cm³/mol. The van der Waals surface area contributed by atoms with E-state index < -0.39 is 0 Å². The molecule has 0 aromatic carbocycles. The molecule has 1 N–H and O–H groups in total. The molecule has 1 aliphatic heterocycles. The lowest BCUT2D eigenvalue weighted by molar-refractivity contribution is -0.129. The Balaban J connectivity index is 2.27. The van der Waals surface area contributed by atoms with Crippen LogP contribution in [0.25, 0.3) is 0 Å². The minimum atomic E-state index is 0.0758. The minimum absolute atomic E-state index is 0.0758. The molecule has 1 fully saturated rings. The molecule has 1 heterocycles. The van der Waals surface area contributed by atoms with Gasteiger partial charge < -0.3 is 9.80 Å². The van der Waals surface area contributed by atoms with Crippen LogP contribution >= 0.6 is 0 Å². The van der Waals surface area contributed by atoms with Crippen molar-refractivity contribution in [1.29, 1.82) is 0 Å². The Morgan fingerprint density at radius 3 is 2.88 bits per heavy atom. The van der Waals surface area contributed by atoms with Crippen LogP contribution in [0, 0.1) is 0 Å². The van der Waals surface area contributed by atoms with E-state index in [-0.39, 0.29) is 11.9 Å². The second-order valence-electron chi connectivity index (χ2n) is 4.55. The van der Waals surface area contributed by atoms with Gasteiger partial charge in [-0.05, 0) is 20.0 Å². The van der Waals surface area contributed by atoms with E-state index in [1.165, 1.54) is 0 Å². The highest BCUT2D eigenvalue weighted by atomic mass is 16.2. The lowest BCUT2D eigenvalue weighted by Gasteiger charge is -2.20. The van der Waals surface area contributed by atoms with E-state index >= 15 is 0 Å². The molecule has 16 heavy (non-hydrogen) atoms. The first-order valence-corrected chi connectivity index (χ1v) is 6.39. The quantitative estimate of drug-likeness (QED) is 0.701. The number of likely N-dealkylation sites (N-methyl/N-ethyl adjacent to an activating group) is 1. The Bertz CT molecular complexity index is 220. The lowest BCUT2D eigenvalue weighted by atomic mass is 10.1. The fraction of sp³-hybridized carbons (Fsp3) is 0.917. The summed E-state index contributed by atoms with van der Waals surface area (Å²) >= 11 is 0. The highest BCUT2D eigenvalue weighted by molar-refractivity contribution is 5.83. The van der Waals surface area contributed by atoms with Gasteiger partial charge in [-0.15, -0.1) is 0 Å². The van der Waals surface area contributed by atoms with Crippen molar-refractivity contribution < 1.29 is 4.79 Å². The smallest absolute Gasteiger partial charge is 0.240 e. The van der Waals surface area contributed by atoms with E-state index in [9.17, 15) is 4.79 Å². The third-order valence-corrected chi connectivity index (χ3v) is 3.28. The van der Waals surface area contributed by atoms with Crippen LogP contribution in [0.4, 0.5) is 0 Å². The van der Waals surface area contributed by atoms with Crippen LogP contribution < -0.4 is 5.32 Å². The summed E-state index contributed by atoms with van der Waals surface area (Å²) in [6.45, 7) is 7.87. The second-order valence-corrected chi connectivity index (χ2v) is 4.55. The Morgan fingerprint density at radius 1 is 1.50 bits per heavy atom. The average Bonchev–Trinajstić information content (AvgIpc) is 2.64. The molecular formula is C12H25N3O. The Morgan fingerprint density at radius 2 is 2.25 bits per heavy atom. The standard InChI is InChI=1S/C12H25N3O/c1-4-6-7-11-12(16)15(10-13-11)9-8-14(3)5-2/h11,13H,4-10H2,1-3H3. The van der Waals surface area contributed by atoms with Crippen molar-refractivity contribution in [1.82, 2.24) is 15.1 Å². The molecule has 0 spiro atoms. The largest absolute Gasteiger partial charge is 0.327 e. The maximum Gasteiger partial charge on any atom is 0.240 e. The first-order valence-electron chi connectivity index (χ1n) is 6.39. The maximum atomic E-state index is 12.0. The molecule has 1 atom stereocenters. The maximum absolute atomic E-state index is 12.0. The van der Waals surface area contributed by atoms with E-state index in [4.69, 9.17) is 0 Å². The number of nitrogens with one attached hydrogen (secondary N) is 1. The van der Waals surface area contributed by atoms with Gasteiger partial charge in [0.25, 0.3) is 0 Å². The number of nitrogens with zero attached hydrogens (tertiary/aromatic N) is 2. The van der Waals surface area contributed by atoms with E-state index in [0.717, 1.165) is 45.6 Å². The summed E-state index contributed by atoms with van der Waals surface area (Å²) in [4.78, 5) is 16.1. The topological polar surface area (TPSA) is 35.6 Å². The summed E-state index contributed by atoms with van der Waals surface area (Å²) in [6, 6.07) is 0.0758. The van der Waals surface area contributed by atoms with Gasteiger partial charge in [-0.25, -0.2) is 0 Å². The summed E-state index contributed by atoms with van der Waals surface area (Å²) in [5.41, 5.74) is 0. The van der Waals surface area contributed by atoms with Gasteiger partial charge in [-0.1, -0.05) is 26.7 Å². The van der Waals surface area contributed by atoms with Crippen LogP contribution in [0.15, 0.2) is 0 Å². The average molecular weight is 227 g/mol. The van der Waals surface area contributed by atoms with Crippen molar-refractivity contribution in [2.45, 2.75) is 39.2 Å². The number of rotatable bonds is 7. The fourth-order valence-corrected chi connectivity index (χ4v) is 1.88. The van der Waals surface area contributed by atoms with Crippen molar-refractivity contribution in [3.8, 4) is 0 Å². The molecule has 1 amide bonds. The zero-order valence-corrected chi connectivity index (χ0v) is 10.8. The molecule has 0 aromatic rings.